The molecule has 2 heterocycles. The van der Waals surface area contributed by atoms with E-state index in [2.05, 4.69) is 25.3 Å². The van der Waals surface area contributed by atoms with Gasteiger partial charge in [-0.1, -0.05) is 12.8 Å². The highest BCUT2D eigenvalue weighted by molar-refractivity contribution is 5.38. The molecule has 8 nitrogen and oxygen atoms in total. The van der Waals surface area contributed by atoms with Crippen LogP contribution < -0.4 is 20.9 Å². The number of ether oxygens (including phenoxy) is 2. The number of hydrogen-bond donors (Lipinski definition) is 2. The number of nitrogens with two attached hydrogens (primary N) is 1. The van der Waals surface area contributed by atoms with Crippen LogP contribution in [0, 0.1) is 5.92 Å². The molecular weight excluding hydrogens is 272 g/mol. The number of hydrazine groups is 1. The molecule has 0 radical (unpaired) electrons. The first-order chi connectivity index (χ1) is 10.3. The molecule has 0 aromatic carbocycles. The SMILES string of the molecule is NNc1nc(OCC2CCCC2)nc(N2CCOCC2)n1. The molecule has 1 aliphatic heterocycles. The molecule has 0 amide bonds. The number of rotatable bonds is 5. The minimum absolute atomic E-state index is 0.327. The molecule has 0 bridgehead atoms. The van der Waals surface area contributed by atoms with Gasteiger partial charge in [-0.05, 0) is 18.8 Å². The number of nitrogens with one attached hydrogen (secondary N) is 1. The fraction of sp³-hybridized carbons (Fsp3) is 0.769. The Labute approximate surface area is 124 Å². The Hall–Kier alpha value is -1.67. The zero-order valence-electron chi connectivity index (χ0n) is 12.1. The van der Waals surface area contributed by atoms with E-state index in [0.29, 0.717) is 43.6 Å². The van der Waals surface area contributed by atoms with Crippen LogP contribution in [-0.4, -0.2) is 47.9 Å². The molecule has 0 unspecified atom stereocenters. The lowest BCUT2D eigenvalue weighted by atomic mass is 10.1. The maximum atomic E-state index is 5.75. The van der Waals surface area contributed by atoms with Gasteiger partial charge in [0.1, 0.15) is 0 Å². The Bertz CT molecular complexity index is 460. The second-order valence-corrected chi connectivity index (χ2v) is 5.45. The lowest BCUT2D eigenvalue weighted by Crippen LogP contribution is -2.37. The molecule has 2 fully saturated rings. The normalized spacial score (nSPS) is 19.8. The van der Waals surface area contributed by atoms with Gasteiger partial charge in [-0.2, -0.15) is 15.0 Å². The van der Waals surface area contributed by atoms with Crippen LogP contribution in [0.4, 0.5) is 11.9 Å². The third kappa shape index (κ3) is 3.70. The molecule has 1 saturated heterocycles. The van der Waals surface area contributed by atoms with Crippen LogP contribution in [0.3, 0.4) is 0 Å². The molecule has 21 heavy (non-hydrogen) atoms. The Kier molecular flexibility index (Phi) is 4.66. The van der Waals surface area contributed by atoms with Gasteiger partial charge < -0.3 is 14.4 Å². The summed E-state index contributed by atoms with van der Waals surface area (Å²) in [6.45, 7) is 3.54. The first-order valence-electron chi connectivity index (χ1n) is 7.53. The molecule has 116 valence electrons. The van der Waals surface area contributed by atoms with Crippen molar-refractivity contribution in [1.82, 2.24) is 15.0 Å². The molecule has 0 atom stereocenters. The Morgan fingerprint density at radius 3 is 2.67 bits per heavy atom. The average Bonchev–Trinajstić information content (AvgIpc) is 3.07. The van der Waals surface area contributed by atoms with Gasteiger partial charge in [-0.3, -0.25) is 5.43 Å². The van der Waals surface area contributed by atoms with E-state index in [9.17, 15) is 0 Å². The number of nitrogens with zero attached hydrogens (tertiary/aromatic N) is 4. The predicted octanol–water partition coefficient (Wildman–Crippen LogP) is 0.563. The van der Waals surface area contributed by atoms with E-state index >= 15 is 0 Å². The topological polar surface area (TPSA) is 98.4 Å². The van der Waals surface area contributed by atoms with Gasteiger partial charge in [-0.25, -0.2) is 5.84 Å². The van der Waals surface area contributed by atoms with Crippen molar-refractivity contribution < 1.29 is 9.47 Å². The zero-order valence-corrected chi connectivity index (χ0v) is 12.1. The molecule has 1 aromatic heterocycles. The quantitative estimate of drug-likeness (QED) is 0.600. The third-order valence-electron chi connectivity index (χ3n) is 3.95. The largest absolute Gasteiger partial charge is 0.463 e. The number of morpholine rings is 1. The lowest BCUT2D eigenvalue weighted by Gasteiger charge is -2.26. The van der Waals surface area contributed by atoms with Crippen LogP contribution in [0.15, 0.2) is 0 Å². The van der Waals surface area contributed by atoms with Crippen molar-refractivity contribution in [2.45, 2.75) is 25.7 Å². The van der Waals surface area contributed by atoms with E-state index in [1.807, 2.05) is 0 Å². The second-order valence-electron chi connectivity index (χ2n) is 5.45. The van der Waals surface area contributed by atoms with Gasteiger partial charge >= 0.3 is 6.01 Å². The van der Waals surface area contributed by atoms with Crippen molar-refractivity contribution in [3.05, 3.63) is 0 Å². The third-order valence-corrected chi connectivity index (χ3v) is 3.95. The van der Waals surface area contributed by atoms with Crippen molar-refractivity contribution in [2.75, 3.05) is 43.2 Å². The highest BCUT2D eigenvalue weighted by Crippen LogP contribution is 2.25. The summed E-state index contributed by atoms with van der Waals surface area (Å²) in [6.07, 6.45) is 5.03. The number of hydrogen-bond acceptors (Lipinski definition) is 8. The molecule has 1 aromatic rings. The van der Waals surface area contributed by atoms with Gasteiger partial charge in [0.2, 0.25) is 11.9 Å². The number of anilines is 2. The summed E-state index contributed by atoms with van der Waals surface area (Å²) in [5.41, 5.74) is 2.47. The van der Waals surface area contributed by atoms with Crippen LogP contribution in [0.1, 0.15) is 25.7 Å². The van der Waals surface area contributed by atoms with Gasteiger partial charge in [0.15, 0.2) is 0 Å². The van der Waals surface area contributed by atoms with E-state index in [1.54, 1.807) is 0 Å². The van der Waals surface area contributed by atoms with Crippen LogP contribution in [0.25, 0.3) is 0 Å². The fourth-order valence-electron chi connectivity index (χ4n) is 2.75. The molecule has 3 rings (SSSR count). The first kappa shape index (κ1) is 14.3. The summed E-state index contributed by atoms with van der Waals surface area (Å²) >= 11 is 0. The molecule has 3 N–H and O–H groups in total. The van der Waals surface area contributed by atoms with Gasteiger partial charge in [-0.15, -0.1) is 0 Å². The van der Waals surface area contributed by atoms with Crippen LogP contribution in [-0.2, 0) is 4.74 Å². The molecule has 2 aliphatic rings. The van der Waals surface area contributed by atoms with Gasteiger partial charge in [0, 0.05) is 13.1 Å². The van der Waals surface area contributed by atoms with E-state index in [1.165, 1.54) is 25.7 Å². The highest BCUT2D eigenvalue weighted by atomic mass is 16.5. The van der Waals surface area contributed by atoms with Gasteiger partial charge in [0.25, 0.3) is 0 Å². The zero-order chi connectivity index (χ0) is 14.5. The molecule has 8 heteroatoms. The second kappa shape index (κ2) is 6.86. The van der Waals surface area contributed by atoms with Gasteiger partial charge in [0.05, 0.1) is 19.8 Å². The van der Waals surface area contributed by atoms with Crippen molar-refractivity contribution in [3.8, 4) is 6.01 Å². The van der Waals surface area contributed by atoms with E-state index < -0.39 is 0 Å². The van der Waals surface area contributed by atoms with Crippen LogP contribution in [0.2, 0.25) is 0 Å². The van der Waals surface area contributed by atoms with Crippen molar-refractivity contribution in [2.24, 2.45) is 11.8 Å². The van der Waals surface area contributed by atoms with Crippen molar-refractivity contribution in [1.29, 1.82) is 0 Å². The van der Waals surface area contributed by atoms with E-state index in [4.69, 9.17) is 15.3 Å². The maximum Gasteiger partial charge on any atom is 0.323 e. The van der Waals surface area contributed by atoms with Crippen molar-refractivity contribution >= 4 is 11.9 Å². The summed E-state index contributed by atoms with van der Waals surface area (Å²) in [5.74, 6) is 6.96. The maximum absolute atomic E-state index is 5.75. The Morgan fingerprint density at radius 2 is 1.95 bits per heavy atom. The minimum Gasteiger partial charge on any atom is -0.463 e. The minimum atomic E-state index is 0.327. The smallest absolute Gasteiger partial charge is 0.323 e. The first-order valence-corrected chi connectivity index (χ1v) is 7.53. The molecular formula is C13H22N6O2. The van der Waals surface area contributed by atoms with Crippen LogP contribution in [0.5, 0.6) is 6.01 Å². The van der Waals surface area contributed by atoms with E-state index in [-0.39, 0.29) is 0 Å². The summed E-state index contributed by atoms with van der Waals surface area (Å²) in [5, 5.41) is 0. The summed E-state index contributed by atoms with van der Waals surface area (Å²) < 4.78 is 11.1. The summed E-state index contributed by atoms with van der Waals surface area (Å²) in [6, 6.07) is 0.339. The van der Waals surface area contributed by atoms with Crippen LogP contribution >= 0.6 is 0 Å². The summed E-state index contributed by atoms with van der Waals surface area (Å²) in [7, 11) is 0. The lowest BCUT2D eigenvalue weighted by molar-refractivity contribution is 0.122. The number of aromatic nitrogens is 3. The fourth-order valence-corrected chi connectivity index (χ4v) is 2.75. The molecule has 0 spiro atoms. The molecule has 1 saturated carbocycles. The number of nitrogen functional groups attached to an aromatic ring is 1. The monoisotopic (exact) mass is 294 g/mol. The average molecular weight is 294 g/mol. The highest BCUT2D eigenvalue weighted by Gasteiger charge is 2.19. The van der Waals surface area contributed by atoms with Crippen molar-refractivity contribution in [3.63, 3.8) is 0 Å². The Morgan fingerprint density at radius 1 is 1.19 bits per heavy atom. The van der Waals surface area contributed by atoms with E-state index in [0.717, 1.165) is 13.1 Å². The standard InChI is InChI=1S/C13H22N6O2/c14-18-11-15-12(19-5-7-20-8-6-19)17-13(16-11)21-9-10-3-1-2-4-10/h10H,1-9,14H2,(H,15,16,17,18). The summed E-state index contributed by atoms with van der Waals surface area (Å²) in [4.78, 5) is 14.9. The molecule has 1 aliphatic carbocycles. The Balaban J connectivity index is 1.69. The predicted molar refractivity (Wildman–Crippen MR) is 78.1 cm³/mol.